The first-order valence-electron chi connectivity index (χ1n) is 5.57. The topological polar surface area (TPSA) is 40.5 Å². The van der Waals surface area contributed by atoms with Crippen molar-refractivity contribution in [1.82, 2.24) is 0 Å². The SMILES string of the molecule is CCC(=O)c1ccccc1N(C)C(C)CO. The van der Waals surface area contributed by atoms with Crippen LogP contribution in [0.4, 0.5) is 5.69 Å². The molecule has 0 bridgehead atoms. The Kier molecular flexibility index (Phi) is 4.50. The number of nitrogens with zero attached hydrogens (tertiary/aromatic N) is 1. The Labute approximate surface area is 96.7 Å². The average Bonchev–Trinajstić information content (AvgIpc) is 2.35. The highest BCUT2D eigenvalue weighted by Crippen LogP contribution is 2.22. The van der Waals surface area contributed by atoms with Crippen LogP contribution in [-0.4, -0.2) is 30.6 Å². The lowest BCUT2D eigenvalue weighted by molar-refractivity contribution is 0.0988. The van der Waals surface area contributed by atoms with Crippen LogP contribution < -0.4 is 4.90 Å². The van der Waals surface area contributed by atoms with Crippen LogP contribution in [0.1, 0.15) is 30.6 Å². The summed E-state index contributed by atoms with van der Waals surface area (Å²) in [4.78, 5) is 13.7. The fraction of sp³-hybridized carbons (Fsp3) is 0.462. The van der Waals surface area contributed by atoms with Crippen molar-refractivity contribution in [3.05, 3.63) is 29.8 Å². The largest absolute Gasteiger partial charge is 0.394 e. The van der Waals surface area contributed by atoms with Crippen LogP contribution in [0.25, 0.3) is 0 Å². The second-order valence-electron chi connectivity index (χ2n) is 3.94. The number of aliphatic hydroxyl groups is 1. The number of likely N-dealkylation sites (N-methyl/N-ethyl adjacent to an activating group) is 1. The predicted molar refractivity (Wildman–Crippen MR) is 66.0 cm³/mol. The van der Waals surface area contributed by atoms with E-state index in [-0.39, 0.29) is 18.4 Å². The van der Waals surface area contributed by atoms with Crippen molar-refractivity contribution in [3.8, 4) is 0 Å². The molecule has 88 valence electrons. The van der Waals surface area contributed by atoms with Gasteiger partial charge in [0.15, 0.2) is 5.78 Å². The van der Waals surface area contributed by atoms with E-state index in [0.29, 0.717) is 6.42 Å². The molecule has 0 aromatic heterocycles. The van der Waals surface area contributed by atoms with Crippen molar-refractivity contribution in [2.24, 2.45) is 0 Å². The monoisotopic (exact) mass is 221 g/mol. The minimum atomic E-state index is 0.00538. The zero-order valence-corrected chi connectivity index (χ0v) is 10.1. The lowest BCUT2D eigenvalue weighted by Crippen LogP contribution is -2.32. The summed E-state index contributed by atoms with van der Waals surface area (Å²) in [7, 11) is 1.89. The quantitative estimate of drug-likeness (QED) is 0.774. The molecule has 0 fully saturated rings. The van der Waals surface area contributed by atoms with E-state index in [4.69, 9.17) is 5.11 Å². The number of aliphatic hydroxyl groups excluding tert-OH is 1. The molecular weight excluding hydrogens is 202 g/mol. The first-order chi connectivity index (χ1) is 7.61. The molecule has 0 saturated carbocycles. The van der Waals surface area contributed by atoms with Crippen LogP contribution in [0.2, 0.25) is 0 Å². The molecule has 0 aliphatic carbocycles. The first kappa shape index (κ1) is 12.7. The number of carbonyl (C=O) groups excluding carboxylic acids is 1. The van der Waals surface area contributed by atoms with Crippen LogP contribution in [0, 0.1) is 0 Å². The van der Waals surface area contributed by atoms with Gasteiger partial charge in [0, 0.05) is 30.8 Å². The van der Waals surface area contributed by atoms with Gasteiger partial charge in [-0.05, 0) is 19.1 Å². The Bertz CT molecular complexity index is 363. The Balaban J connectivity index is 3.08. The Morgan fingerprint density at radius 2 is 2.06 bits per heavy atom. The predicted octanol–water partition coefficient (Wildman–Crippen LogP) is 2.10. The summed E-state index contributed by atoms with van der Waals surface area (Å²) in [5, 5.41) is 9.13. The normalized spacial score (nSPS) is 12.2. The lowest BCUT2D eigenvalue weighted by Gasteiger charge is -2.27. The molecule has 1 aromatic carbocycles. The molecule has 3 heteroatoms. The zero-order chi connectivity index (χ0) is 12.1. The van der Waals surface area contributed by atoms with Gasteiger partial charge in [0.05, 0.1) is 6.61 Å². The summed E-state index contributed by atoms with van der Waals surface area (Å²) in [6.07, 6.45) is 0.498. The van der Waals surface area contributed by atoms with Crippen molar-refractivity contribution < 1.29 is 9.90 Å². The van der Waals surface area contributed by atoms with Crippen LogP contribution in [0.15, 0.2) is 24.3 Å². The highest BCUT2D eigenvalue weighted by atomic mass is 16.3. The molecule has 1 atom stereocenters. The van der Waals surface area contributed by atoms with Gasteiger partial charge in [-0.3, -0.25) is 4.79 Å². The van der Waals surface area contributed by atoms with Gasteiger partial charge in [-0.2, -0.15) is 0 Å². The van der Waals surface area contributed by atoms with Gasteiger partial charge in [-0.1, -0.05) is 19.1 Å². The number of ketones is 1. The lowest BCUT2D eigenvalue weighted by atomic mass is 10.1. The second kappa shape index (κ2) is 5.66. The fourth-order valence-corrected chi connectivity index (χ4v) is 1.57. The molecule has 0 spiro atoms. The van der Waals surface area contributed by atoms with Gasteiger partial charge in [0.1, 0.15) is 0 Å². The molecule has 1 rings (SSSR count). The number of carbonyl (C=O) groups is 1. The Morgan fingerprint density at radius 1 is 1.44 bits per heavy atom. The van der Waals surface area contributed by atoms with E-state index in [9.17, 15) is 4.79 Å². The van der Waals surface area contributed by atoms with Crippen LogP contribution in [0.3, 0.4) is 0 Å². The van der Waals surface area contributed by atoms with Gasteiger partial charge < -0.3 is 10.0 Å². The minimum absolute atomic E-state index is 0.00538. The third-order valence-corrected chi connectivity index (χ3v) is 2.83. The number of benzene rings is 1. The first-order valence-corrected chi connectivity index (χ1v) is 5.57. The van der Waals surface area contributed by atoms with Gasteiger partial charge in [-0.25, -0.2) is 0 Å². The summed E-state index contributed by atoms with van der Waals surface area (Å²) in [5.74, 6) is 0.132. The molecule has 0 aliphatic heterocycles. The summed E-state index contributed by atoms with van der Waals surface area (Å²) < 4.78 is 0. The molecule has 3 nitrogen and oxygen atoms in total. The fourth-order valence-electron chi connectivity index (χ4n) is 1.57. The van der Waals surface area contributed by atoms with E-state index < -0.39 is 0 Å². The number of Topliss-reactive ketones (excluding diaryl/α,β-unsaturated/α-hetero) is 1. The molecule has 0 aliphatic rings. The van der Waals surface area contributed by atoms with Crippen molar-refractivity contribution >= 4 is 11.5 Å². The van der Waals surface area contributed by atoms with E-state index in [1.54, 1.807) is 0 Å². The van der Waals surface area contributed by atoms with Gasteiger partial charge in [0.25, 0.3) is 0 Å². The number of hydrogen-bond acceptors (Lipinski definition) is 3. The van der Waals surface area contributed by atoms with E-state index in [1.165, 1.54) is 0 Å². The van der Waals surface area contributed by atoms with E-state index >= 15 is 0 Å². The van der Waals surface area contributed by atoms with Crippen LogP contribution in [0.5, 0.6) is 0 Å². The molecule has 0 radical (unpaired) electrons. The highest BCUT2D eigenvalue weighted by molar-refractivity contribution is 6.01. The molecule has 0 amide bonds. The number of para-hydroxylation sites is 1. The summed E-state index contributed by atoms with van der Waals surface area (Å²) in [6, 6.07) is 7.52. The molecule has 1 aromatic rings. The van der Waals surface area contributed by atoms with Crippen molar-refractivity contribution in [2.75, 3.05) is 18.6 Å². The van der Waals surface area contributed by atoms with Crippen molar-refractivity contribution in [2.45, 2.75) is 26.3 Å². The maximum atomic E-state index is 11.8. The van der Waals surface area contributed by atoms with E-state index in [2.05, 4.69) is 0 Å². The average molecular weight is 221 g/mol. The van der Waals surface area contributed by atoms with E-state index in [1.807, 2.05) is 50.1 Å². The second-order valence-corrected chi connectivity index (χ2v) is 3.94. The molecular formula is C13H19NO2. The molecule has 1 unspecified atom stereocenters. The molecule has 0 saturated heterocycles. The van der Waals surface area contributed by atoms with Crippen LogP contribution in [-0.2, 0) is 0 Å². The summed E-state index contributed by atoms with van der Waals surface area (Å²) in [6.45, 7) is 3.85. The Hall–Kier alpha value is -1.35. The van der Waals surface area contributed by atoms with E-state index in [0.717, 1.165) is 11.3 Å². The third kappa shape index (κ3) is 2.61. The zero-order valence-electron chi connectivity index (χ0n) is 10.1. The summed E-state index contributed by atoms with van der Waals surface area (Å²) >= 11 is 0. The van der Waals surface area contributed by atoms with Crippen molar-refractivity contribution in [1.29, 1.82) is 0 Å². The maximum absolute atomic E-state index is 11.8. The molecule has 0 heterocycles. The minimum Gasteiger partial charge on any atom is -0.394 e. The molecule has 16 heavy (non-hydrogen) atoms. The number of hydrogen-bond donors (Lipinski definition) is 1. The highest BCUT2D eigenvalue weighted by Gasteiger charge is 2.15. The van der Waals surface area contributed by atoms with Gasteiger partial charge in [0.2, 0.25) is 0 Å². The molecule has 1 N–H and O–H groups in total. The van der Waals surface area contributed by atoms with Crippen LogP contribution >= 0.6 is 0 Å². The Morgan fingerprint density at radius 3 is 2.62 bits per heavy atom. The van der Waals surface area contributed by atoms with Gasteiger partial charge in [-0.15, -0.1) is 0 Å². The van der Waals surface area contributed by atoms with Crippen molar-refractivity contribution in [3.63, 3.8) is 0 Å². The number of anilines is 1. The maximum Gasteiger partial charge on any atom is 0.164 e. The summed E-state index contributed by atoms with van der Waals surface area (Å²) in [5.41, 5.74) is 1.61. The van der Waals surface area contributed by atoms with Gasteiger partial charge >= 0.3 is 0 Å². The third-order valence-electron chi connectivity index (χ3n) is 2.83. The smallest absolute Gasteiger partial charge is 0.164 e. The number of rotatable bonds is 5. The standard InChI is InChI=1S/C13H19NO2/c1-4-13(16)11-7-5-6-8-12(11)14(3)10(2)9-15/h5-8,10,15H,4,9H2,1-3H3.